The molecule has 3 aromatic rings. The summed E-state index contributed by atoms with van der Waals surface area (Å²) in [6.45, 7) is 0. The summed E-state index contributed by atoms with van der Waals surface area (Å²) < 4.78 is 29.1. The Morgan fingerprint density at radius 1 is 0.867 bits per heavy atom. The van der Waals surface area contributed by atoms with Crippen LogP contribution in [0.3, 0.4) is 0 Å². The largest absolute Gasteiger partial charge is 0.507 e. The van der Waals surface area contributed by atoms with Crippen molar-refractivity contribution in [2.45, 2.75) is 0 Å². The maximum Gasteiger partial charge on any atom is 0.203 e. The van der Waals surface area contributed by atoms with Crippen molar-refractivity contribution in [3.8, 4) is 34.1 Å². The molecular weight excluding hydrogens is 387 g/mol. The molecule has 0 unspecified atom stereocenters. The van der Waals surface area contributed by atoms with E-state index in [9.17, 15) is 14.3 Å². The predicted octanol–water partition coefficient (Wildman–Crippen LogP) is 5.12. The van der Waals surface area contributed by atoms with Crippen LogP contribution in [0.1, 0.15) is 15.9 Å². The molecule has 0 saturated heterocycles. The van der Waals surface area contributed by atoms with Gasteiger partial charge in [-0.15, -0.1) is 0 Å². The first kappa shape index (κ1) is 20.9. The molecule has 0 saturated carbocycles. The van der Waals surface area contributed by atoms with E-state index in [4.69, 9.17) is 14.2 Å². The van der Waals surface area contributed by atoms with E-state index in [1.165, 1.54) is 45.6 Å². The van der Waals surface area contributed by atoms with Crippen LogP contribution in [-0.4, -0.2) is 32.2 Å². The average Bonchev–Trinajstić information content (AvgIpc) is 2.77. The average molecular weight is 408 g/mol. The highest BCUT2D eigenvalue weighted by Gasteiger charge is 2.14. The maximum absolute atomic E-state index is 13.2. The Hall–Kier alpha value is -3.80. The van der Waals surface area contributed by atoms with Crippen LogP contribution >= 0.6 is 0 Å². The molecule has 0 radical (unpaired) electrons. The molecule has 3 aromatic carbocycles. The molecule has 6 heteroatoms. The standard InChI is InChI=1S/C24H21FO5/c1-28-22-12-15(13-23(29-2)24(22)30-3)4-10-20(26)19-14-17(7-11-21(19)27)16-5-8-18(25)9-6-16/h4-14,27H,1-3H3/b10-4+. The van der Waals surface area contributed by atoms with Crippen LogP contribution in [0.15, 0.2) is 60.7 Å². The van der Waals surface area contributed by atoms with Crippen LogP contribution in [-0.2, 0) is 0 Å². The number of phenols is 1. The van der Waals surface area contributed by atoms with E-state index in [0.717, 1.165) is 5.56 Å². The third-order valence-electron chi connectivity index (χ3n) is 4.55. The summed E-state index contributed by atoms with van der Waals surface area (Å²) in [4.78, 5) is 12.7. The fraction of sp³-hybridized carbons (Fsp3) is 0.125. The number of rotatable bonds is 7. The van der Waals surface area contributed by atoms with Gasteiger partial charge in [0.15, 0.2) is 17.3 Å². The summed E-state index contributed by atoms with van der Waals surface area (Å²) in [6.07, 6.45) is 2.95. The van der Waals surface area contributed by atoms with Crippen LogP contribution in [0.5, 0.6) is 23.0 Å². The normalized spacial score (nSPS) is 10.8. The van der Waals surface area contributed by atoms with Crippen LogP contribution in [0.4, 0.5) is 4.39 Å². The van der Waals surface area contributed by atoms with Gasteiger partial charge in [0.05, 0.1) is 26.9 Å². The molecule has 5 nitrogen and oxygen atoms in total. The third kappa shape index (κ3) is 4.43. The van der Waals surface area contributed by atoms with E-state index in [-0.39, 0.29) is 22.9 Å². The van der Waals surface area contributed by atoms with Crippen molar-refractivity contribution in [2.75, 3.05) is 21.3 Å². The number of hydrogen-bond donors (Lipinski definition) is 1. The van der Waals surface area contributed by atoms with Gasteiger partial charge in [-0.3, -0.25) is 4.79 Å². The van der Waals surface area contributed by atoms with Crippen LogP contribution in [0.25, 0.3) is 17.2 Å². The number of aromatic hydroxyl groups is 1. The molecule has 0 fully saturated rings. The monoisotopic (exact) mass is 408 g/mol. The lowest BCUT2D eigenvalue weighted by atomic mass is 10.00. The number of ketones is 1. The van der Waals surface area contributed by atoms with Gasteiger partial charge in [-0.1, -0.05) is 24.3 Å². The summed E-state index contributed by atoms with van der Waals surface area (Å²) in [6, 6.07) is 14.0. The number of hydrogen-bond acceptors (Lipinski definition) is 5. The molecule has 0 bridgehead atoms. The van der Waals surface area contributed by atoms with E-state index in [1.54, 1.807) is 42.5 Å². The van der Waals surface area contributed by atoms with Gasteiger partial charge in [-0.25, -0.2) is 4.39 Å². The number of carbonyl (C=O) groups excluding carboxylic acids is 1. The van der Waals surface area contributed by atoms with Gasteiger partial charge >= 0.3 is 0 Å². The number of phenolic OH excluding ortho intramolecular Hbond substituents is 1. The summed E-state index contributed by atoms with van der Waals surface area (Å²) in [5.41, 5.74) is 2.23. The Labute approximate surface area is 174 Å². The van der Waals surface area contributed by atoms with E-state index < -0.39 is 0 Å². The molecule has 0 aliphatic heterocycles. The Balaban J connectivity index is 1.91. The number of ether oxygens (including phenoxy) is 3. The first-order valence-electron chi connectivity index (χ1n) is 9.08. The molecular formula is C24H21FO5. The van der Waals surface area contributed by atoms with Crippen molar-refractivity contribution >= 4 is 11.9 Å². The fourth-order valence-corrected chi connectivity index (χ4v) is 3.01. The van der Waals surface area contributed by atoms with Gasteiger partial charge in [0.25, 0.3) is 0 Å². The maximum atomic E-state index is 13.2. The second-order valence-corrected chi connectivity index (χ2v) is 6.40. The highest BCUT2D eigenvalue weighted by atomic mass is 19.1. The first-order valence-corrected chi connectivity index (χ1v) is 9.08. The van der Waals surface area contributed by atoms with Crippen LogP contribution < -0.4 is 14.2 Å². The van der Waals surface area contributed by atoms with Crippen molar-refractivity contribution in [3.63, 3.8) is 0 Å². The quantitative estimate of drug-likeness (QED) is 0.434. The number of halogens is 1. The zero-order valence-corrected chi connectivity index (χ0v) is 16.8. The Morgan fingerprint density at radius 3 is 2.03 bits per heavy atom. The minimum atomic E-state index is -0.384. The predicted molar refractivity (Wildman–Crippen MR) is 113 cm³/mol. The summed E-state index contributed by atoms with van der Waals surface area (Å²) in [5, 5.41) is 10.2. The number of allylic oxidation sites excluding steroid dienone is 1. The smallest absolute Gasteiger partial charge is 0.203 e. The number of benzene rings is 3. The second kappa shape index (κ2) is 9.13. The summed E-state index contributed by atoms with van der Waals surface area (Å²) in [7, 11) is 4.53. The van der Waals surface area contributed by atoms with Crippen LogP contribution in [0, 0.1) is 5.82 Å². The van der Waals surface area contributed by atoms with Crippen molar-refractivity contribution < 1.29 is 28.5 Å². The SMILES string of the molecule is COc1cc(/C=C/C(=O)c2cc(-c3ccc(F)cc3)ccc2O)cc(OC)c1OC. The highest BCUT2D eigenvalue weighted by Crippen LogP contribution is 2.38. The van der Waals surface area contributed by atoms with E-state index >= 15 is 0 Å². The van der Waals surface area contributed by atoms with Gasteiger partial charge in [0.2, 0.25) is 5.75 Å². The Morgan fingerprint density at radius 2 is 1.47 bits per heavy atom. The first-order chi connectivity index (χ1) is 14.5. The van der Waals surface area contributed by atoms with E-state index in [1.807, 2.05) is 0 Å². The Bertz CT molecular complexity index is 1060. The molecule has 3 rings (SSSR count). The van der Waals surface area contributed by atoms with Crippen molar-refractivity contribution in [1.82, 2.24) is 0 Å². The van der Waals surface area contributed by atoms with E-state index in [2.05, 4.69) is 0 Å². The molecule has 154 valence electrons. The van der Waals surface area contributed by atoms with Gasteiger partial charge in [0.1, 0.15) is 11.6 Å². The minimum Gasteiger partial charge on any atom is -0.507 e. The second-order valence-electron chi connectivity index (χ2n) is 6.40. The molecule has 0 aromatic heterocycles. The Kier molecular flexibility index (Phi) is 6.37. The van der Waals surface area contributed by atoms with Gasteiger partial charge in [-0.2, -0.15) is 0 Å². The topological polar surface area (TPSA) is 65.0 Å². The molecule has 30 heavy (non-hydrogen) atoms. The van der Waals surface area contributed by atoms with Crippen molar-refractivity contribution in [2.24, 2.45) is 0 Å². The molecule has 1 N–H and O–H groups in total. The lowest BCUT2D eigenvalue weighted by Gasteiger charge is -2.12. The third-order valence-corrected chi connectivity index (χ3v) is 4.55. The summed E-state index contributed by atoms with van der Waals surface area (Å²) in [5.74, 6) is 0.510. The fourth-order valence-electron chi connectivity index (χ4n) is 3.01. The molecule has 0 aliphatic carbocycles. The molecule has 0 amide bonds. The summed E-state index contributed by atoms with van der Waals surface area (Å²) >= 11 is 0. The van der Waals surface area contributed by atoms with Crippen molar-refractivity contribution in [1.29, 1.82) is 0 Å². The van der Waals surface area contributed by atoms with Crippen LogP contribution in [0.2, 0.25) is 0 Å². The van der Waals surface area contributed by atoms with Crippen molar-refractivity contribution in [3.05, 3.63) is 77.6 Å². The zero-order valence-electron chi connectivity index (χ0n) is 16.8. The number of carbonyl (C=O) groups is 1. The van der Waals surface area contributed by atoms with Gasteiger partial charge in [-0.05, 0) is 59.2 Å². The highest BCUT2D eigenvalue weighted by molar-refractivity contribution is 6.09. The zero-order chi connectivity index (χ0) is 21.7. The minimum absolute atomic E-state index is 0.139. The molecule has 0 heterocycles. The molecule has 0 spiro atoms. The van der Waals surface area contributed by atoms with E-state index in [0.29, 0.717) is 28.4 Å². The molecule has 0 atom stereocenters. The lowest BCUT2D eigenvalue weighted by Crippen LogP contribution is -1.97. The number of methoxy groups -OCH3 is 3. The van der Waals surface area contributed by atoms with Gasteiger partial charge < -0.3 is 19.3 Å². The lowest BCUT2D eigenvalue weighted by molar-refractivity contribution is 0.104. The van der Waals surface area contributed by atoms with Gasteiger partial charge in [0, 0.05) is 0 Å². The molecule has 0 aliphatic rings.